The van der Waals surface area contributed by atoms with Crippen LogP contribution in [0.1, 0.15) is 18.5 Å². The first kappa shape index (κ1) is 14.5. The average Bonchev–Trinajstić information content (AvgIpc) is 2.52. The molecule has 4 nitrogen and oxygen atoms in total. The molecule has 1 unspecified atom stereocenters. The zero-order valence-electron chi connectivity index (χ0n) is 11.6. The summed E-state index contributed by atoms with van der Waals surface area (Å²) in [5, 5.41) is 13.2. The number of hydrogen-bond donors (Lipinski definition) is 2. The molecule has 1 aromatic carbocycles. The molecule has 0 radical (unpaired) electrons. The van der Waals surface area contributed by atoms with Crippen LogP contribution in [0.15, 0.2) is 54.9 Å². The molecule has 0 spiro atoms. The first-order valence-corrected chi connectivity index (χ1v) is 6.75. The topological polar surface area (TPSA) is 54.4 Å². The van der Waals surface area contributed by atoms with Crippen molar-refractivity contribution in [3.63, 3.8) is 0 Å². The summed E-state index contributed by atoms with van der Waals surface area (Å²) in [7, 11) is 0. The Morgan fingerprint density at radius 3 is 2.55 bits per heavy atom. The predicted octanol–water partition coefficient (Wildman–Crippen LogP) is 2.17. The second kappa shape index (κ2) is 7.62. The Balaban J connectivity index is 1.71. The Morgan fingerprint density at radius 1 is 1.15 bits per heavy atom. The van der Waals surface area contributed by atoms with Crippen LogP contribution >= 0.6 is 0 Å². The first-order chi connectivity index (χ1) is 9.75. The molecule has 1 heterocycles. The van der Waals surface area contributed by atoms with Gasteiger partial charge < -0.3 is 15.2 Å². The molecule has 0 aliphatic carbocycles. The number of aliphatic hydroxyl groups is 1. The molecule has 0 saturated heterocycles. The number of pyridine rings is 1. The molecule has 0 aliphatic heterocycles. The second-order valence-electron chi connectivity index (χ2n) is 4.69. The first-order valence-electron chi connectivity index (χ1n) is 6.75. The number of benzene rings is 1. The van der Waals surface area contributed by atoms with E-state index >= 15 is 0 Å². The van der Waals surface area contributed by atoms with E-state index in [4.69, 9.17) is 4.74 Å². The Bertz CT molecular complexity index is 490. The highest BCUT2D eigenvalue weighted by molar-refractivity contribution is 5.20. The SMILES string of the molecule is C[C@H](NCC(O)COc1ccccc1)c1ccncc1. The van der Waals surface area contributed by atoms with E-state index in [-0.39, 0.29) is 12.6 Å². The monoisotopic (exact) mass is 272 g/mol. The molecule has 20 heavy (non-hydrogen) atoms. The molecule has 0 aliphatic rings. The van der Waals surface area contributed by atoms with Gasteiger partial charge in [0.1, 0.15) is 18.5 Å². The van der Waals surface area contributed by atoms with Gasteiger partial charge >= 0.3 is 0 Å². The number of hydrogen-bond acceptors (Lipinski definition) is 4. The van der Waals surface area contributed by atoms with Crippen molar-refractivity contribution < 1.29 is 9.84 Å². The Hall–Kier alpha value is -1.91. The van der Waals surface area contributed by atoms with Crippen molar-refractivity contribution in [3.05, 3.63) is 60.4 Å². The minimum atomic E-state index is -0.542. The molecule has 0 saturated carbocycles. The highest BCUT2D eigenvalue weighted by atomic mass is 16.5. The second-order valence-corrected chi connectivity index (χ2v) is 4.69. The van der Waals surface area contributed by atoms with E-state index in [1.807, 2.05) is 42.5 Å². The van der Waals surface area contributed by atoms with Crippen molar-refractivity contribution in [1.82, 2.24) is 10.3 Å². The Kier molecular flexibility index (Phi) is 5.53. The van der Waals surface area contributed by atoms with E-state index in [0.717, 1.165) is 11.3 Å². The summed E-state index contributed by atoms with van der Waals surface area (Å²) in [6, 6.07) is 13.6. The summed E-state index contributed by atoms with van der Waals surface area (Å²) >= 11 is 0. The summed E-state index contributed by atoms with van der Waals surface area (Å²) < 4.78 is 5.51. The van der Waals surface area contributed by atoms with Gasteiger partial charge in [-0.1, -0.05) is 18.2 Å². The largest absolute Gasteiger partial charge is 0.491 e. The predicted molar refractivity (Wildman–Crippen MR) is 78.6 cm³/mol. The normalized spacial score (nSPS) is 13.7. The number of aliphatic hydroxyl groups excluding tert-OH is 1. The third-order valence-electron chi connectivity index (χ3n) is 3.05. The average molecular weight is 272 g/mol. The van der Waals surface area contributed by atoms with Gasteiger partial charge in [-0.25, -0.2) is 0 Å². The van der Waals surface area contributed by atoms with Gasteiger partial charge in [0, 0.05) is 25.0 Å². The van der Waals surface area contributed by atoms with Gasteiger partial charge in [-0.05, 0) is 36.8 Å². The molecule has 2 aromatic rings. The molecule has 106 valence electrons. The maximum Gasteiger partial charge on any atom is 0.119 e. The molecular weight excluding hydrogens is 252 g/mol. The summed E-state index contributed by atoms with van der Waals surface area (Å²) in [4.78, 5) is 3.99. The fourth-order valence-electron chi connectivity index (χ4n) is 1.85. The zero-order valence-corrected chi connectivity index (χ0v) is 11.6. The molecule has 0 amide bonds. The van der Waals surface area contributed by atoms with Crippen LogP contribution in [0.3, 0.4) is 0 Å². The smallest absolute Gasteiger partial charge is 0.119 e. The van der Waals surface area contributed by atoms with Crippen LogP contribution in [0.4, 0.5) is 0 Å². The maximum atomic E-state index is 9.91. The molecule has 1 aromatic heterocycles. The lowest BCUT2D eigenvalue weighted by Crippen LogP contribution is -2.33. The van der Waals surface area contributed by atoms with Crippen LogP contribution in [-0.4, -0.2) is 29.3 Å². The van der Waals surface area contributed by atoms with E-state index in [1.165, 1.54) is 0 Å². The van der Waals surface area contributed by atoms with Crippen LogP contribution in [0.25, 0.3) is 0 Å². The van der Waals surface area contributed by atoms with Gasteiger partial charge in [-0.15, -0.1) is 0 Å². The van der Waals surface area contributed by atoms with Crippen molar-refractivity contribution in [2.45, 2.75) is 19.1 Å². The minimum Gasteiger partial charge on any atom is -0.491 e. The van der Waals surface area contributed by atoms with Crippen LogP contribution in [0.5, 0.6) is 5.75 Å². The lowest BCUT2D eigenvalue weighted by Gasteiger charge is -2.17. The Morgan fingerprint density at radius 2 is 1.85 bits per heavy atom. The lowest BCUT2D eigenvalue weighted by molar-refractivity contribution is 0.104. The van der Waals surface area contributed by atoms with Crippen molar-refractivity contribution >= 4 is 0 Å². The third kappa shape index (κ3) is 4.64. The van der Waals surface area contributed by atoms with Crippen LogP contribution in [0.2, 0.25) is 0 Å². The number of rotatable bonds is 7. The van der Waals surface area contributed by atoms with Gasteiger partial charge in [0.05, 0.1) is 0 Å². The fourth-order valence-corrected chi connectivity index (χ4v) is 1.85. The summed E-state index contributed by atoms with van der Waals surface area (Å²) in [6.07, 6.45) is 2.99. The molecule has 0 bridgehead atoms. The zero-order chi connectivity index (χ0) is 14.2. The number of nitrogens with zero attached hydrogens (tertiary/aromatic N) is 1. The van der Waals surface area contributed by atoms with Gasteiger partial charge in [0.25, 0.3) is 0 Å². The van der Waals surface area contributed by atoms with E-state index < -0.39 is 6.10 Å². The van der Waals surface area contributed by atoms with E-state index in [0.29, 0.717) is 6.54 Å². The van der Waals surface area contributed by atoms with Gasteiger partial charge in [0.15, 0.2) is 0 Å². The minimum absolute atomic E-state index is 0.171. The quantitative estimate of drug-likeness (QED) is 0.811. The van der Waals surface area contributed by atoms with Crippen LogP contribution < -0.4 is 10.1 Å². The molecule has 2 rings (SSSR count). The molecule has 2 atom stereocenters. The van der Waals surface area contributed by atoms with Gasteiger partial charge in [-0.2, -0.15) is 0 Å². The van der Waals surface area contributed by atoms with Crippen molar-refractivity contribution in [3.8, 4) is 5.75 Å². The molecule has 2 N–H and O–H groups in total. The standard InChI is InChI=1S/C16H20N2O2/c1-13(14-7-9-17-10-8-14)18-11-15(19)12-20-16-5-3-2-4-6-16/h2-10,13,15,18-19H,11-12H2,1H3/t13-,15?/m0/s1. The van der Waals surface area contributed by atoms with E-state index in [1.54, 1.807) is 12.4 Å². The fraction of sp³-hybridized carbons (Fsp3) is 0.312. The number of aromatic nitrogens is 1. The van der Waals surface area contributed by atoms with Gasteiger partial charge in [-0.3, -0.25) is 4.98 Å². The molecule has 4 heteroatoms. The molecule has 0 fully saturated rings. The van der Waals surface area contributed by atoms with E-state index in [2.05, 4.69) is 17.2 Å². The van der Waals surface area contributed by atoms with Crippen molar-refractivity contribution in [1.29, 1.82) is 0 Å². The maximum absolute atomic E-state index is 9.91. The molecular formula is C16H20N2O2. The summed E-state index contributed by atoms with van der Waals surface area (Å²) in [6.45, 7) is 2.82. The summed E-state index contributed by atoms with van der Waals surface area (Å²) in [5.41, 5.74) is 1.15. The number of ether oxygens (including phenoxy) is 1. The van der Waals surface area contributed by atoms with Crippen LogP contribution in [0, 0.1) is 0 Å². The Labute approximate surface area is 119 Å². The lowest BCUT2D eigenvalue weighted by atomic mass is 10.1. The number of para-hydroxylation sites is 1. The highest BCUT2D eigenvalue weighted by Gasteiger charge is 2.09. The summed E-state index contributed by atoms with van der Waals surface area (Å²) in [5.74, 6) is 0.772. The van der Waals surface area contributed by atoms with E-state index in [9.17, 15) is 5.11 Å². The van der Waals surface area contributed by atoms with Crippen molar-refractivity contribution in [2.24, 2.45) is 0 Å². The van der Waals surface area contributed by atoms with Gasteiger partial charge in [0.2, 0.25) is 0 Å². The van der Waals surface area contributed by atoms with Crippen LogP contribution in [-0.2, 0) is 0 Å². The number of nitrogens with one attached hydrogen (secondary N) is 1. The third-order valence-corrected chi connectivity index (χ3v) is 3.05. The van der Waals surface area contributed by atoms with Crippen molar-refractivity contribution in [2.75, 3.05) is 13.2 Å². The highest BCUT2D eigenvalue weighted by Crippen LogP contribution is 2.11.